The monoisotopic (exact) mass is 255 g/mol. The normalized spacial score (nSPS) is 10.7. The Morgan fingerprint density at radius 1 is 1.16 bits per heavy atom. The number of fused-ring (bicyclic) bond motifs is 1. The van der Waals surface area contributed by atoms with E-state index in [1.165, 1.54) is 0 Å². The molecule has 0 bridgehead atoms. The van der Waals surface area contributed by atoms with E-state index < -0.39 is 0 Å². The zero-order valence-corrected chi connectivity index (χ0v) is 10.2. The molecule has 0 atom stereocenters. The third-order valence-corrected chi connectivity index (χ3v) is 2.80. The lowest BCUT2D eigenvalue weighted by atomic mass is 10.3. The molecule has 3 aromatic rings. The number of ether oxygens (including phenoxy) is 1. The minimum absolute atomic E-state index is 0.216. The SMILES string of the molecule is Nc1cccc2nc(COc3ccc(O)cc3)cn12. The lowest BCUT2D eigenvalue weighted by Gasteiger charge is -2.03. The zero-order chi connectivity index (χ0) is 13.2. The van der Waals surface area contributed by atoms with Crippen LogP contribution in [0.4, 0.5) is 5.82 Å². The average Bonchev–Trinajstić information content (AvgIpc) is 2.83. The van der Waals surface area contributed by atoms with E-state index in [4.69, 9.17) is 10.5 Å². The lowest BCUT2D eigenvalue weighted by molar-refractivity contribution is 0.301. The molecule has 2 heterocycles. The molecule has 0 aliphatic rings. The van der Waals surface area contributed by atoms with Crippen LogP contribution >= 0.6 is 0 Å². The van der Waals surface area contributed by atoms with Crippen LogP contribution in [0.3, 0.4) is 0 Å². The summed E-state index contributed by atoms with van der Waals surface area (Å²) in [7, 11) is 0. The van der Waals surface area contributed by atoms with Crippen LogP contribution < -0.4 is 10.5 Å². The maximum absolute atomic E-state index is 9.18. The summed E-state index contributed by atoms with van der Waals surface area (Å²) in [5, 5.41) is 9.18. The molecule has 0 aliphatic carbocycles. The zero-order valence-electron chi connectivity index (χ0n) is 10.2. The number of anilines is 1. The van der Waals surface area contributed by atoms with E-state index >= 15 is 0 Å². The van der Waals surface area contributed by atoms with Gasteiger partial charge in [0.15, 0.2) is 0 Å². The number of nitrogens with zero attached hydrogens (tertiary/aromatic N) is 2. The number of pyridine rings is 1. The molecular weight excluding hydrogens is 242 g/mol. The average molecular weight is 255 g/mol. The van der Waals surface area contributed by atoms with Gasteiger partial charge >= 0.3 is 0 Å². The van der Waals surface area contributed by atoms with Crippen molar-refractivity contribution >= 4 is 11.5 Å². The molecule has 0 unspecified atom stereocenters. The number of benzene rings is 1. The number of imidazole rings is 1. The van der Waals surface area contributed by atoms with Gasteiger partial charge in [0.05, 0.1) is 5.69 Å². The smallest absolute Gasteiger partial charge is 0.138 e. The highest BCUT2D eigenvalue weighted by atomic mass is 16.5. The van der Waals surface area contributed by atoms with Gasteiger partial charge in [-0.25, -0.2) is 4.98 Å². The number of aromatic nitrogens is 2. The molecular formula is C14H13N3O2. The number of phenols is 1. The van der Waals surface area contributed by atoms with Crippen molar-refractivity contribution in [1.29, 1.82) is 0 Å². The third kappa shape index (κ3) is 2.30. The summed E-state index contributed by atoms with van der Waals surface area (Å²) in [5.41, 5.74) is 7.44. The van der Waals surface area contributed by atoms with Gasteiger partial charge in [0.25, 0.3) is 0 Å². The lowest BCUT2D eigenvalue weighted by Crippen LogP contribution is -1.95. The molecule has 0 spiro atoms. The molecule has 0 amide bonds. The highest BCUT2D eigenvalue weighted by molar-refractivity contribution is 5.48. The first-order chi connectivity index (χ1) is 9.22. The summed E-state index contributed by atoms with van der Waals surface area (Å²) in [4.78, 5) is 4.41. The van der Waals surface area contributed by atoms with Crippen molar-refractivity contribution in [2.45, 2.75) is 6.61 Å². The standard InChI is InChI=1S/C14H13N3O2/c15-13-2-1-3-14-16-10(8-17(13)14)9-19-12-6-4-11(18)5-7-12/h1-8,18H,9,15H2. The molecule has 5 heteroatoms. The summed E-state index contributed by atoms with van der Waals surface area (Å²) in [6.07, 6.45) is 1.85. The first-order valence-corrected chi connectivity index (χ1v) is 5.87. The summed E-state index contributed by atoms with van der Waals surface area (Å²) < 4.78 is 7.40. The molecule has 3 N–H and O–H groups in total. The van der Waals surface area contributed by atoms with Crippen LogP contribution in [-0.4, -0.2) is 14.5 Å². The van der Waals surface area contributed by atoms with Crippen molar-refractivity contribution in [1.82, 2.24) is 9.38 Å². The largest absolute Gasteiger partial charge is 0.508 e. The first kappa shape index (κ1) is 11.4. The molecule has 5 nitrogen and oxygen atoms in total. The van der Waals surface area contributed by atoms with Crippen LogP contribution in [0, 0.1) is 0 Å². The van der Waals surface area contributed by atoms with Gasteiger partial charge in [0.2, 0.25) is 0 Å². The first-order valence-electron chi connectivity index (χ1n) is 5.87. The minimum atomic E-state index is 0.216. The molecule has 0 radical (unpaired) electrons. The third-order valence-electron chi connectivity index (χ3n) is 2.80. The van der Waals surface area contributed by atoms with Crippen LogP contribution in [0.5, 0.6) is 11.5 Å². The van der Waals surface area contributed by atoms with Crippen LogP contribution in [0.15, 0.2) is 48.7 Å². The Morgan fingerprint density at radius 3 is 2.68 bits per heavy atom. The van der Waals surface area contributed by atoms with Crippen molar-refractivity contribution in [2.24, 2.45) is 0 Å². The molecule has 0 aliphatic heterocycles. The molecule has 96 valence electrons. The second-order valence-electron chi connectivity index (χ2n) is 4.19. The number of nitrogen functional groups attached to an aromatic ring is 1. The van der Waals surface area contributed by atoms with E-state index in [0.717, 1.165) is 11.3 Å². The highest BCUT2D eigenvalue weighted by Crippen LogP contribution is 2.17. The predicted molar refractivity (Wildman–Crippen MR) is 72.0 cm³/mol. The summed E-state index contributed by atoms with van der Waals surface area (Å²) in [6, 6.07) is 12.1. The molecule has 19 heavy (non-hydrogen) atoms. The van der Waals surface area contributed by atoms with Crippen LogP contribution in [0.25, 0.3) is 5.65 Å². The topological polar surface area (TPSA) is 72.8 Å². The minimum Gasteiger partial charge on any atom is -0.508 e. The van der Waals surface area contributed by atoms with E-state index in [2.05, 4.69) is 4.98 Å². The fourth-order valence-corrected chi connectivity index (χ4v) is 1.85. The van der Waals surface area contributed by atoms with Crippen molar-refractivity contribution in [3.8, 4) is 11.5 Å². The molecule has 2 aromatic heterocycles. The fraction of sp³-hybridized carbons (Fsp3) is 0.0714. The summed E-state index contributed by atoms with van der Waals surface area (Å²) in [5.74, 6) is 1.54. The Balaban J connectivity index is 1.78. The predicted octanol–water partition coefficient (Wildman–Crippen LogP) is 2.20. The van der Waals surface area contributed by atoms with Crippen LogP contribution in [0.1, 0.15) is 5.69 Å². The Bertz CT molecular complexity index is 704. The van der Waals surface area contributed by atoms with Crippen molar-refractivity contribution in [2.75, 3.05) is 5.73 Å². The van der Waals surface area contributed by atoms with Gasteiger partial charge in [-0.05, 0) is 36.4 Å². The van der Waals surface area contributed by atoms with Gasteiger partial charge in [0.1, 0.15) is 29.6 Å². The quantitative estimate of drug-likeness (QED) is 0.752. The highest BCUT2D eigenvalue weighted by Gasteiger charge is 2.04. The van der Waals surface area contributed by atoms with Gasteiger partial charge in [-0.1, -0.05) is 6.07 Å². The summed E-state index contributed by atoms with van der Waals surface area (Å²) in [6.45, 7) is 0.353. The number of hydrogen-bond donors (Lipinski definition) is 2. The van der Waals surface area contributed by atoms with E-state index in [0.29, 0.717) is 18.2 Å². The van der Waals surface area contributed by atoms with Gasteiger partial charge < -0.3 is 15.6 Å². The number of phenolic OH excluding ortho intramolecular Hbond substituents is 1. The van der Waals surface area contributed by atoms with Crippen molar-refractivity contribution in [3.05, 3.63) is 54.4 Å². The number of hydrogen-bond acceptors (Lipinski definition) is 4. The van der Waals surface area contributed by atoms with Crippen molar-refractivity contribution < 1.29 is 9.84 Å². The number of rotatable bonds is 3. The van der Waals surface area contributed by atoms with E-state index in [9.17, 15) is 5.11 Å². The van der Waals surface area contributed by atoms with Crippen LogP contribution in [0.2, 0.25) is 0 Å². The van der Waals surface area contributed by atoms with E-state index in [1.807, 2.05) is 28.8 Å². The molecule has 0 fully saturated rings. The summed E-state index contributed by atoms with van der Waals surface area (Å²) >= 11 is 0. The van der Waals surface area contributed by atoms with Crippen molar-refractivity contribution in [3.63, 3.8) is 0 Å². The number of nitrogens with two attached hydrogens (primary N) is 1. The maximum atomic E-state index is 9.18. The number of aromatic hydroxyl groups is 1. The van der Waals surface area contributed by atoms with Gasteiger partial charge in [-0.2, -0.15) is 0 Å². The second-order valence-corrected chi connectivity index (χ2v) is 4.19. The molecule has 0 saturated heterocycles. The van der Waals surface area contributed by atoms with Gasteiger partial charge in [-0.15, -0.1) is 0 Å². The Hall–Kier alpha value is -2.69. The van der Waals surface area contributed by atoms with Crippen LogP contribution in [-0.2, 0) is 6.61 Å². The van der Waals surface area contributed by atoms with E-state index in [1.54, 1.807) is 24.3 Å². The molecule has 3 rings (SSSR count). The second kappa shape index (κ2) is 4.53. The van der Waals surface area contributed by atoms with Gasteiger partial charge in [0, 0.05) is 6.20 Å². The Labute approximate surface area is 109 Å². The Kier molecular flexibility index (Phi) is 2.72. The molecule has 1 aromatic carbocycles. The maximum Gasteiger partial charge on any atom is 0.138 e. The van der Waals surface area contributed by atoms with E-state index in [-0.39, 0.29) is 5.75 Å². The fourth-order valence-electron chi connectivity index (χ4n) is 1.85. The Morgan fingerprint density at radius 2 is 1.95 bits per heavy atom. The molecule has 0 saturated carbocycles. The van der Waals surface area contributed by atoms with Gasteiger partial charge in [-0.3, -0.25) is 4.40 Å².